The lowest BCUT2D eigenvalue weighted by Gasteiger charge is -2.18. The van der Waals surface area contributed by atoms with Crippen molar-refractivity contribution < 1.29 is 5.11 Å². The molecule has 0 saturated carbocycles. The van der Waals surface area contributed by atoms with Crippen LogP contribution in [0, 0.1) is 0 Å². The number of aromatic hydroxyl groups is 1. The van der Waals surface area contributed by atoms with Crippen molar-refractivity contribution in [3.63, 3.8) is 0 Å². The summed E-state index contributed by atoms with van der Waals surface area (Å²) >= 11 is 5.88. The Balaban J connectivity index is 2.12. The number of aromatic nitrogens is 1. The molecule has 0 unspecified atom stereocenters. The van der Waals surface area contributed by atoms with Crippen LogP contribution in [0.2, 0.25) is 5.02 Å². The number of benzene rings is 1. The van der Waals surface area contributed by atoms with Gasteiger partial charge in [0.1, 0.15) is 5.75 Å². The van der Waals surface area contributed by atoms with Gasteiger partial charge >= 0.3 is 0 Å². The number of phenols is 1. The van der Waals surface area contributed by atoms with E-state index in [4.69, 9.17) is 11.6 Å². The Morgan fingerprint density at radius 2 is 2.11 bits per heavy atom. The van der Waals surface area contributed by atoms with Gasteiger partial charge in [0.05, 0.1) is 22.6 Å². The Kier molecular flexibility index (Phi) is 4.12. The van der Waals surface area contributed by atoms with Crippen LogP contribution in [0.25, 0.3) is 0 Å². The van der Waals surface area contributed by atoms with Crippen LogP contribution in [-0.2, 0) is 6.54 Å². The summed E-state index contributed by atoms with van der Waals surface area (Å²) in [5, 5.41) is 13.0. The molecule has 0 atom stereocenters. The van der Waals surface area contributed by atoms with Crippen LogP contribution in [0.5, 0.6) is 5.75 Å². The molecule has 0 radical (unpaired) electrons. The zero-order valence-corrected chi connectivity index (χ0v) is 11.6. The summed E-state index contributed by atoms with van der Waals surface area (Å²) in [4.78, 5) is 6.14. The average molecular weight is 278 g/mol. The first-order valence-electron chi connectivity index (χ1n) is 5.90. The van der Waals surface area contributed by atoms with Crippen molar-refractivity contribution >= 4 is 23.0 Å². The highest BCUT2D eigenvalue weighted by atomic mass is 35.5. The van der Waals surface area contributed by atoms with E-state index in [0.29, 0.717) is 11.6 Å². The number of phenolic OH excluding ortho intramolecular Hbond substituents is 1. The monoisotopic (exact) mass is 277 g/mol. The standard InChI is InChI=1S/C14H16ClN3O/c1-18(2)13-5-6-16-9-12(13)17-8-10-3-4-14(19)11(15)7-10/h3-7,9,17,19H,8H2,1-2H3. The molecule has 5 heteroatoms. The highest BCUT2D eigenvalue weighted by molar-refractivity contribution is 6.32. The van der Waals surface area contributed by atoms with Crippen LogP contribution >= 0.6 is 11.6 Å². The Hall–Kier alpha value is -1.94. The number of nitrogens with one attached hydrogen (secondary N) is 1. The third kappa shape index (κ3) is 3.29. The van der Waals surface area contributed by atoms with Crippen LogP contribution in [0.1, 0.15) is 5.56 Å². The van der Waals surface area contributed by atoms with E-state index in [-0.39, 0.29) is 5.75 Å². The van der Waals surface area contributed by atoms with E-state index in [1.54, 1.807) is 24.5 Å². The second-order valence-electron chi connectivity index (χ2n) is 4.43. The molecule has 2 N–H and O–H groups in total. The van der Waals surface area contributed by atoms with Gasteiger partial charge in [-0.25, -0.2) is 0 Å². The van der Waals surface area contributed by atoms with Gasteiger partial charge in [0.2, 0.25) is 0 Å². The second kappa shape index (κ2) is 5.80. The van der Waals surface area contributed by atoms with E-state index < -0.39 is 0 Å². The van der Waals surface area contributed by atoms with Crippen molar-refractivity contribution in [2.24, 2.45) is 0 Å². The highest BCUT2D eigenvalue weighted by Gasteiger charge is 2.05. The van der Waals surface area contributed by atoms with Gasteiger partial charge in [-0.2, -0.15) is 0 Å². The second-order valence-corrected chi connectivity index (χ2v) is 4.83. The molecular weight excluding hydrogens is 262 g/mol. The molecule has 0 bridgehead atoms. The fourth-order valence-corrected chi connectivity index (χ4v) is 1.97. The summed E-state index contributed by atoms with van der Waals surface area (Å²) in [5.74, 6) is 0.0979. The minimum atomic E-state index is 0.0979. The molecule has 0 fully saturated rings. The summed E-state index contributed by atoms with van der Waals surface area (Å²) in [6, 6.07) is 7.12. The van der Waals surface area contributed by atoms with E-state index in [1.165, 1.54) is 0 Å². The number of halogens is 1. The molecule has 0 saturated heterocycles. The summed E-state index contributed by atoms with van der Waals surface area (Å²) in [6.07, 6.45) is 3.55. The molecule has 0 aliphatic carbocycles. The third-order valence-electron chi connectivity index (χ3n) is 2.77. The first-order valence-corrected chi connectivity index (χ1v) is 6.28. The van der Waals surface area contributed by atoms with E-state index in [9.17, 15) is 5.11 Å². The lowest BCUT2D eigenvalue weighted by Crippen LogP contribution is -2.12. The lowest BCUT2D eigenvalue weighted by atomic mass is 10.2. The van der Waals surface area contributed by atoms with Crippen molar-refractivity contribution in [1.82, 2.24) is 4.98 Å². The Morgan fingerprint density at radius 1 is 1.32 bits per heavy atom. The van der Waals surface area contributed by atoms with Gasteiger partial charge in [-0.15, -0.1) is 0 Å². The normalized spacial score (nSPS) is 10.3. The molecule has 2 aromatic rings. The summed E-state index contributed by atoms with van der Waals surface area (Å²) in [6.45, 7) is 0.618. The SMILES string of the molecule is CN(C)c1ccncc1NCc1ccc(O)c(Cl)c1. The van der Waals surface area contributed by atoms with Crippen LogP contribution in [0.3, 0.4) is 0 Å². The Bertz CT molecular complexity index is 572. The molecule has 100 valence electrons. The van der Waals surface area contributed by atoms with Crippen LogP contribution in [0.15, 0.2) is 36.7 Å². The van der Waals surface area contributed by atoms with Crippen molar-refractivity contribution in [3.8, 4) is 5.75 Å². The van der Waals surface area contributed by atoms with Gasteiger partial charge in [0.15, 0.2) is 0 Å². The van der Waals surface area contributed by atoms with Crippen LogP contribution in [0.4, 0.5) is 11.4 Å². The van der Waals surface area contributed by atoms with Gasteiger partial charge in [-0.05, 0) is 23.8 Å². The van der Waals surface area contributed by atoms with E-state index in [2.05, 4.69) is 10.3 Å². The topological polar surface area (TPSA) is 48.4 Å². The number of pyridine rings is 1. The van der Waals surface area contributed by atoms with Gasteiger partial charge < -0.3 is 15.3 Å². The van der Waals surface area contributed by atoms with Gasteiger partial charge in [-0.1, -0.05) is 17.7 Å². The predicted molar refractivity (Wildman–Crippen MR) is 79.0 cm³/mol. The van der Waals surface area contributed by atoms with Crippen LogP contribution < -0.4 is 10.2 Å². The molecular formula is C14H16ClN3O. The van der Waals surface area contributed by atoms with Crippen molar-refractivity contribution in [2.45, 2.75) is 6.54 Å². The number of hydrogen-bond donors (Lipinski definition) is 2. The molecule has 1 aromatic heterocycles. The average Bonchev–Trinajstić information content (AvgIpc) is 2.40. The Morgan fingerprint density at radius 3 is 2.79 bits per heavy atom. The highest BCUT2D eigenvalue weighted by Crippen LogP contribution is 2.26. The first kappa shape index (κ1) is 13.5. The fourth-order valence-electron chi connectivity index (χ4n) is 1.77. The number of rotatable bonds is 4. The van der Waals surface area contributed by atoms with E-state index >= 15 is 0 Å². The molecule has 1 aromatic carbocycles. The largest absolute Gasteiger partial charge is 0.506 e. The number of nitrogens with zero attached hydrogens (tertiary/aromatic N) is 2. The third-order valence-corrected chi connectivity index (χ3v) is 3.08. The summed E-state index contributed by atoms with van der Waals surface area (Å²) < 4.78 is 0. The summed E-state index contributed by atoms with van der Waals surface area (Å²) in [5.41, 5.74) is 3.02. The zero-order valence-electron chi connectivity index (χ0n) is 10.9. The maximum Gasteiger partial charge on any atom is 0.134 e. The molecule has 0 aliphatic heterocycles. The van der Waals surface area contributed by atoms with Crippen molar-refractivity contribution in [2.75, 3.05) is 24.3 Å². The molecule has 2 rings (SSSR count). The Labute approximate surface area is 117 Å². The first-order chi connectivity index (χ1) is 9.08. The number of hydrogen-bond acceptors (Lipinski definition) is 4. The summed E-state index contributed by atoms with van der Waals surface area (Å²) in [7, 11) is 3.97. The van der Waals surface area contributed by atoms with Crippen LogP contribution in [-0.4, -0.2) is 24.2 Å². The van der Waals surface area contributed by atoms with E-state index in [0.717, 1.165) is 16.9 Å². The van der Waals surface area contributed by atoms with Crippen molar-refractivity contribution in [3.05, 3.63) is 47.2 Å². The zero-order chi connectivity index (χ0) is 13.8. The van der Waals surface area contributed by atoms with Gasteiger partial charge in [-0.3, -0.25) is 4.98 Å². The van der Waals surface area contributed by atoms with Crippen molar-refractivity contribution in [1.29, 1.82) is 0 Å². The maximum absolute atomic E-state index is 9.38. The lowest BCUT2D eigenvalue weighted by molar-refractivity contribution is 0.475. The quantitative estimate of drug-likeness (QED) is 0.901. The minimum Gasteiger partial charge on any atom is -0.506 e. The molecule has 0 amide bonds. The molecule has 1 heterocycles. The molecule has 4 nitrogen and oxygen atoms in total. The molecule has 0 spiro atoms. The smallest absolute Gasteiger partial charge is 0.134 e. The van der Waals surface area contributed by atoms with E-state index in [1.807, 2.05) is 31.1 Å². The van der Waals surface area contributed by atoms with Gasteiger partial charge in [0.25, 0.3) is 0 Å². The van der Waals surface area contributed by atoms with Gasteiger partial charge in [0, 0.05) is 26.8 Å². The fraction of sp³-hybridized carbons (Fsp3) is 0.214. The maximum atomic E-state index is 9.38. The minimum absolute atomic E-state index is 0.0979. The predicted octanol–water partition coefficient (Wildman–Crippen LogP) is 3.12. The number of anilines is 2. The molecule has 0 aliphatic rings. The molecule has 19 heavy (non-hydrogen) atoms.